The van der Waals surface area contributed by atoms with Crippen molar-refractivity contribution >= 4 is 44.0 Å². The highest BCUT2D eigenvalue weighted by Gasteiger charge is 2.34. The van der Waals surface area contributed by atoms with Gasteiger partial charge in [-0.15, -0.1) is 0 Å². The van der Waals surface area contributed by atoms with E-state index in [2.05, 4.69) is 36.4 Å². The molecule has 3 aliphatic rings. The summed E-state index contributed by atoms with van der Waals surface area (Å²) in [4.78, 5) is 23.6. The van der Waals surface area contributed by atoms with Crippen LogP contribution in [0.2, 0.25) is 0 Å². The van der Waals surface area contributed by atoms with Crippen LogP contribution in [0.3, 0.4) is 0 Å². The van der Waals surface area contributed by atoms with E-state index >= 15 is 4.39 Å². The summed E-state index contributed by atoms with van der Waals surface area (Å²) in [6.07, 6.45) is 13.2. The van der Waals surface area contributed by atoms with Crippen molar-refractivity contribution in [2.24, 2.45) is 10.3 Å². The molecule has 1 N–H and O–H groups in total. The molecule has 6 heterocycles. The van der Waals surface area contributed by atoms with Gasteiger partial charge in [0.15, 0.2) is 17.3 Å². The molecule has 0 amide bonds. The van der Waals surface area contributed by atoms with Crippen molar-refractivity contribution in [2.45, 2.75) is 57.4 Å². The van der Waals surface area contributed by atoms with Crippen LogP contribution >= 0.6 is 0 Å². The Bertz CT molecular complexity index is 1770. The number of hydrogen-bond donors (Lipinski definition) is 1. The van der Waals surface area contributed by atoms with Crippen molar-refractivity contribution < 1.29 is 8.60 Å². The van der Waals surface area contributed by atoms with Gasteiger partial charge in [-0.2, -0.15) is 9.35 Å². The molecule has 4 aromatic heterocycles. The van der Waals surface area contributed by atoms with Crippen LogP contribution in [0.25, 0.3) is 16.9 Å². The third-order valence-electron chi connectivity index (χ3n) is 9.04. The Labute approximate surface area is 258 Å². The van der Waals surface area contributed by atoms with Gasteiger partial charge in [0.25, 0.3) is 0 Å². The largest absolute Gasteiger partial charge is 0.357 e. The zero-order valence-electron chi connectivity index (χ0n) is 25.6. The number of hydrogen-bond acceptors (Lipinski definition) is 9. The van der Waals surface area contributed by atoms with Gasteiger partial charge in [0, 0.05) is 53.5 Å². The molecule has 44 heavy (non-hydrogen) atoms. The Hall–Kier alpha value is -3.64. The van der Waals surface area contributed by atoms with Gasteiger partial charge in [-0.25, -0.2) is 23.6 Å². The zero-order chi connectivity index (χ0) is 30.4. The van der Waals surface area contributed by atoms with Gasteiger partial charge in [0.05, 0.1) is 23.0 Å². The summed E-state index contributed by atoms with van der Waals surface area (Å²) in [6.45, 7) is 6.86. The van der Waals surface area contributed by atoms with Crippen molar-refractivity contribution in [3.63, 3.8) is 0 Å². The third kappa shape index (κ3) is 6.14. The van der Waals surface area contributed by atoms with Gasteiger partial charge in [-0.05, 0) is 81.8 Å². The highest BCUT2D eigenvalue weighted by Crippen LogP contribution is 2.45. The Morgan fingerprint density at radius 3 is 2.36 bits per heavy atom. The number of piperidine rings is 2. The Morgan fingerprint density at radius 2 is 1.68 bits per heavy atom. The number of halogens is 1. The van der Waals surface area contributed by atoms with E-state index in [9.17, 15) is 4.21 Å². The second-order valence-electron chi connectivity index (χ2n) is 12.8. The number of nitrogens with zero attached hydrogens (tertiary/aromatic N) is 8. The lowest BCUT2D eigenvalue weighted by atomic mass is 9.95. The maximum absolute atomic E-state index is 15.7. The molecular formula is C32H40FN9OS. The number of likely N-dealkylation sites (tertiary alicyclic amines) is 1. The Morgan fingerprint density at radius 1 is 0.909 bits per heavy atom. The predicted molar refractivity (Wildman–Crippen MR) is 173 cm³/mol. The molecule has 0 radical (unpaired) electrons. The maximum Gasteiger partial charge on any atom is 0.229 e. The zero-order valence-corrected chi connectivity index (χ0v) is 26.4. The highest BCUT2D eigenvalue weighted by molar-refractivity contribution is 7.92. The lowest BCUT2D eigenvalue weighted by Gasteiger charge is -2.41. The van der Waals surface area contributed by atoms with E-state index in [-0.39, 0.29) is 11.7 Å². The fourth-order valence-corrected chi connectivity index (χ4v) is 7.05. The van der Waals surface area contributed by atoms with Crippen LogP contribution in [-0.2, 0) is 9.73 Å². The van der Waals surface area contributed by atoms with Gasteiger partial charge >= 0.3 is 0 Å². The fraction of sp³-hybridized carbons (Fsp3) is 0.500. The van der Waals surface area contributed by atoms with Gasteiger partial charge in [-0.3, -0.25) is 4.57 Å². The predicted octanol–water partition coefficient (Wildman–Crippen LogP) is 6.03. The van der Waals surface area contributed by atoms with Crippen LogP contribution in [0.4, 0.5) is 27.7 Å². The molecular weight excluding hydrogens is 577 g/mol. The first-order chi connectivity index (χ1) is 21.2. The van der Waals surface area contributed by atoms with Crippen LogP contribution in [0.5, 0.6) is 0 Å². The summed E-state index contributed by atoms with van der Waals surface area (Å²) in [5.41, 5.74) is 1.73. The smallest absolute Gasteiger partial charge is 0.229 e. The average Bonchev–Trinajstić information content (AvgIpc) is 3.81. The first kappa shape index (κ1) is 29.1. The SMILES string of the molecule is CC1CCN(C2CCN(c3ccc(Nc4ncc5c(F)c(C6CC6)n(-c6cccc(N=S(C)(C)=O)n6)c5n4)cn3)CC2)CC1. The molecule has 232 valence electrons. The highest BCUT2D eigenvalue weighted by atomic mass is 32.2. The van der Waals surface area contributed by atoms with Gasteiger partial charge in [-0.1, -0.05) is 13.0 Å². The van der Waals surface area contributed by atoms with Crippen LogP contribution < -0.4 is 10.2 Å². The Kier molecular flexibility index (Phi) is 7.74. The van der Waals surface area contributed by atoms with Crippen LogP contribution in [-0.4, -0.2) is 78.3 Å². The average molecular weight is 618 g/mol. The normalized spacial score (nSPS) is 19.0. The van der Waals surface area contributed by atoms with Crippen molar-refractivity contribution in [1.82, 2.24) is 29.4 Å². The quantitative estimate of drug-likeness (QED) is 0.268. The molecule has 2 aliphatic heterocycles. The van der Waals surface area contributed by atoms with Crippen molar-refractivity contribution in [2.75, 3.05) is 48.9 Å². The molecule has 0 aromatic carbocycles. The van der Waals surface area contributed by atoms with E-state index < -0.39 is 9.73 Å². The van der Waals surface area contributed by atoms with Gasteiger partial charge in [0.2, 0.25) is 5.95 Å². The summed E-state index contributed by atoms with van der Waals surface area (Å²) < 4.78 is 34.0. The molecule has 12 heteroatoms. The first-order valence-electron chi connectivity index (χ1n) is 15.7. The van der Waals surface area contributed by atoms with Crippen molar-refractivity contribution in [3.8, 4) is 5.82 Å². The summed E-state index contributed by atoms with van der Waals surface area (Å²) in [6, 6.07) is 9.99. The van der Waals surface area contributed by atoms with Crippen LogP contribution in [0, 0.1) is 11.7 Å². The molecule has 0 atom stereocenters. The second-order valence-corrected chi connectivity index (χ2v) is 15.4. The minimum absolute atomic E-state index is 0.0925. The van der Waals surface area contributed by atoms with E-state index in [1.807, 2.05) is 12.1 Å². The molecule has 1 saturated carbocycles. The van der Waals surface area contributed by atoms with Gasteiger partial charge < -0.3 is 15.1 Å². The van der Waals surface area contributed by atoms with Gasteiger partial charge in [0.1, 0.15) is 11.6 Å². The number of rotatable bonds is 7. The fourth-order valence-electron chi connectivity index (χ4n) is 6.50. The summed E-state index contributed by atoms with van der Waals surface area (Å²) >= 11 is 0. The number of aromatic nitrogens is 5. The second kappa shape index (κ2) is 11.7. The van der Waals surface area contributed by atoms with Crippen molar-refractivity contribution in [1.29, 1.82) is 0 Å². The van der Waals surface area contributed by atoms with E-state index in [1.165, 1.54) is 45.0 Å². The van der Waals surface area contributed by atoms with E-state index in [4.69, 9.17) is 9.97 Å². The molecule has 2 saturated heterocycles. The number of nitrogens with one attached hydrogen (secondary N) is 1. The topological polar surface area (TPSA) is 104 Å². The maximum atomic E-state index is 15.7. The van der Waals surface area contributed by atoms with E-state index in [0.717, 1.165) is 43.4 Å². The Balaban J connectivity index is 1.10. The molecule has 0 unspecified atom stereocenters. The summed E-state index contributed by atoms with van der Waals surface area (Å²) in [5, 5.41) is 3.59. The molecule has 7 rings (SSSR count). The lowest BCUT2D eigenvalue weighted by Crippen LogP contribution is -2.47. The molecule has 0 spiro atoms. The minimum Gasteiger partial charge on any atom is -0.357 e. The molecule has 4 aromatic rings. The molecule has 10 nitrogen and oxygen atoms in total. The van der Waals surface area contributed by atoms with E-state index in [0.29, 0.717) is 40.4 Å². The van der Waals surface area contributed by atoms with E-state index in [1.54, 1.807) is 41.5 Å². The molecule has 0 bridgehead atoms. The number of pyridine rings is 2. The van der Waals surface area contributed by atoms with Crippen LogP contribution in [0.15, 0.2) is 47.1 Å². The number of fused-ring (bicyclic) bond motifs is 1. The molecule has 3 fully saturated rings. The standard InChI is InChI=1S/C32H40FN9OS/c1-21-11-15-40(16-12-21)24-13-17-41(18-14-24)27-10-9-23(19-34-27)36-32-35-20-25-29(33)30(22-7-8-22)42(31(25)38-32)28-6-4-5-26(37-28)39-44(2,3)43/h4-6,9-10,19-22,24H,7-8,11-18H2,1-3H3,(H,35,36,38). The third-order valence-corrected chi connectivity index (χ3v) is 9.66. The monoisotopic (exact) mass is 617 g/mol. The number of anilines is 3. The molecule has 1 aliphatic carbocycles. The summed E-state index contributed by atoms with van der Waals surface area (Å²) in [7, 11) is -2.41. The lowest BCUT2D eigenvalue weighted by molar-refractivity contribution is 0.120. The summed E-state index contributed by atoms with van der Waals surface area (Å²) in [5.74, 6) is 2.77. The first-order valence-corrected chi connectivity index (χ1v) is 18.0. The van der Waals surface area contributed by atoms with Crippen LogP contribution in [0.1, 0.15) is 57.1 Å². The van der Waals surface area contributed by atoms with Crippen molar-refractivity contribution in [3.05, 3.63) is 54.2 Å². The minimum atomic E-state index is -2.41.